The van der Waals surface area contributed by atoms with Gasteiger partial charge in [-0.15, -0.1) is 0 Å². The van der Waals surface area contributed by atoms with Crippen molar-refractivity contribution >= 4 is 17.5 Å². The van der Waals surface area contributed by atoms with Gasteiger partial charge in [0.15, 0.2) is 5.96 Å². The van der Waals surface area contributed by atoms with Crippen LogP contribution in [0.4, 0.5) is 20.3 Å². The summed E-state index contributed by atoms with van der Waals surface area (Å²) in [5, 5.41) is 6.79. The van der Waals surface area contributed by atoms with Gasteiger partial charge in [-0.25, -0.2) is 13.8 Å². The molecule has 0 bridgehead atoms. The van der Waals surface area contributed by atoms with E-state index in [1.54, 1.807) is 7.05 Å². The SMILES string of the molecule is CN=C(NCc1ccnc(N2CCCCC2)c1)NC1CCN(c2ccc(F)cc2F)C1. The van der Waals surface area contributed by atoms with Gasteiger partial charge in [-0.05, 0) is 55.5 Å². The fraction of sp³-hybridized carbons (Fsp3) is 0.478. The Morgan fingerprint density at radius 2 is 1.94 bits per heavy atom. The second-order valence-corrected chi connectivity index (χ2v) is 8.17. The number of anilines is 2. The Labute approximate surface area is 182 Å². The highest BCUT2D eigenvalue weighted by Crippen LogP contribution is 2.24. The minimum Gasteiger partial charge on any atom is -0.367 e. The van der Waals surface area contributed by atoms with Gasteiger partial charge in [-0.1, -0.05) is 0 Å². The average Bonchev–Trinajstić information content (AvgIpc) is 3.25. The topological polar surface area (TPSA) is 55.8 Å². The van der Waals surface area contributed by atoms with Gasteiger partial charge in [0.05, 0.1) is 5.69 Å². The lowest BCUT2D eigenvalue weighted by molar-refractivity contribution is 0.573. The van der Waals surface area contributed by atoms with Gasteiger partial charge in [-0.3, -0.25) is 4.99 Å². The van der Waals surface area contributed by atoms with Crippen LogP contribution in [0, 0.1) is 11.6 Å². The fourth-order valence-electron chi connectivity index (χ4n) is 4.27. The standard InChI is InChI=1S/C23H30F2N6/c1-26-23(28-15-17-7-9-27-22(13-17)30-10-3-2-4-11-30)29-19-8-12-31(16-19)21-6-5-18(24)14-20(21)25/h5-7,9,13-14,19H,2-4,8,10-12,15-16H2,1H3,(H2,26,28,29). The number of nitrogens with one attached hydrogen (secondary N) is 2. The van der Waals surface area contributed by atoms with E-state index in [1.807, 2.05) is 17.2 Å². The van der Waals surface area contributed by atoms with E-state index in [4.69, 9.17) is 0 Å². The first-order chi connectivity index (χ1) is 15.1. The summed E-state index contributed by atoms with van der Waals surface area (Å²) in [7, 11) is 1.74. The number of guanidine groups is 1. The van der Waals surface area contributed by atoms with Crippen molar-refractivity contribution < 1.29 is 8.78 Å². The van der Waals surface area contributed by atoms with Gasteiger partial charge in [0.25, 0.3) is 0 Å². The van der Waals surface area contributed by atoms with E-state index in [2.05, 4.69) is 31.6 Å². The molecule has 1 aromatic heterocycles. The number of aromatic nitrogens is 1. The van der Waals surface area contributed by atoms with Crippen LogP contribution in [-0.2, 0) is 6.54 Å². The molecular formula is C23H30F2N6. The second-order valence-electron chi connectivity index (χ2n) is 8.17. The van der Waals surface area contributed by atoms with Crippen LogP contribution in [0.2, 0.25) is 0 Å². The first kappa shape index (κ1) is 21.3. The van der Waals surface area contributed by atoms with Gasteiger partial charge in [0.1, 0.15) is 17.5 Å². The number of piperidine rings is 1. The van der Waals surface area contributed by atoms with E-state index in [9.17, 15) is 8.78 Å². The van der Waals surface area contributed by atoms with Gasteiger partial charge in [0, 0.05) is 58.1 Å². The molecule has 0 aliphatic carbocycles. The predicted molar refractivity (Wildman–Crippen MR) is 121 cm³/mol. The highest BCUT2D eigenvalue weighted by molar-refractivity contribution is 5.80. The lowest BCUT2D eigenvalue weighted by Gasteiger charge is -2.28. The quantitative estimate of drug-likeness (QED) is 0.565. The molecule has 0 saturated carbocycles. The Balaban J connectivity index is 1.30. The maximum atomic E-state index is 14.1. The van der Waals surface area contributed by atoms with Crippen LogP contribution in [0.5, 0.6) is 0 Å². The molecule has 1 aromatic carbocycles. The number of pyridine rings is 1. The molecule has 2 aliphatic heterocycles. The molecule has 2 N–H and O–H groups in total. The zero-order valence-corrected chi connectivity index (χ0v) is 18.0. The second kappa shape index (κ2) is 9.94. The first-order valence-corrected chi connectivity index (χ1v) is 11.0. The minimum atomic E-state index is -0.556. The molecule has 2 saturated heterocycles. The highest BCUT2D eigenvalue weighted by atomic mass is 19.1. The third-order valence-corrected chi connectivity index (χ3v) is 5.95. The molecule has 0 radical (unpaired) electrons. The fourth-order valence-corrected chi connectivity index (χ4v) is 4.27. The summed E-state index contributed by atoms with van der Waals surface area (Å²) in [6.45, 7) is 4.13. The van der Waals surface area contributed by atoms with Crippen molar-refractivity contribution in [1.29, 1.82) is 0 Å². The molecule has 3 heterocycles. The average molecular weight is 429 g/mol. The number of benzene rings is 1. The normalized spacial score (nSPS) is 19.6. The zero-order chi connectivity index (χ0) is 21.6. The highest BCUT2D eigenvalue weighted by Gasteiger charge is 2.25. The molecule has 4 rings (SSSR count). The largest absolute Gasteiger partial charge is 0.367 e. The van der Waals surface area contributed by atoms with Gasteiger partial charge >= 0.3 is 0 Å². The van der Waals surface area contributed by atoms with E-state index < -0.39 is 11.6 Å². The van der Waals surface area contributed by atoms with Crippen molar-refractivity contribution in [2.24, 2.45) is 4.99 Å². The molecule has 1 atom stereocenters. The van der Waals surface area contributed by atoms with Gasteiger partial charge < -0.3 is 20.4 Å². The Hall–Kier alpha value is -2.90. The summed E-state index contributed by atoms with van der Waals surface area (Å²) in [6.07, 6.45) is 6.46. The lowest BCUT2D eigenvalue weighted by Crippen LogP contribution is -2.44. The molecular weight excluding hydrogens is 398 g/mol. The van der Waals surface area contributed by atoms with Crippen molar-refractivity contribution in [3.05, 3.63) is 53.7 Å². The predicted octanol–water partition coefficient (Wildman–Crippen LogP) is 3.29. The van der Waals surface area contributed by atoms with Crippen molar-refractivity contribution in [2.75, 3.05) is 43.0 Å². The Morgan fingerprint density at radius 3 is 2.71 bits per heavy atom. The Morgan fingerprint density at radius 1 is 1.10 bits per heavy atom. The molecule has 1 unspecified atom stereocenters. The third-order valence-electron chi connectivity index (χ3n) is 5.95. The van der Waals surface area contributed by atoms with Crippen molar-refractivity contribution in [3.8, 4) is 0 Å². The number of aliphatic imine (C=N–C) groups is 1. The molecule has 6 nitrogen and oxygen atoms in total. The van der Waals surface area contributed by atoms with Crippen LogP contribution in [0.25, 0.3) is 0 Å². The van der Waals surface area contributed by atoms with E-state index in [-0.39, 0.29) is 6.04 Å². The van der Waals surface area contributed by atoms with Crippen LogP contribution in [-0.4, -0.2) is 50.2 Å². The molecule has 166 valence electrons. The maximum absolute atomic E-state index is 14.1. The van der Waals surface area contributed by atoms with E-state index in [1.165, 1.54) is 31.4 Å². The number of rotatable bonds is 5. The summed E-state index contributed by atoms with van der Waals surface area (Å²) in [6, 6.07) is 8.03. The van der Waals surface area contributed by atoms with Crippen molar-refractivity contribution in [3.63, 3.8) is 0 Å². The molecule has 2 aliphatic rings. The molecule has 0 amide bonds. The molecule has 0 spiro atoms. The lowest BCUT2D eigenvalue weighted by atomic mass is 10.1. The van der Waals surface area contributed by atoms with Gasteiger partial charge in [0.2, 0.25) is 0 Å². The monoisotopic (exact) mass is 428 g/mol. The Kier molecular flexibility index (Phi) is 6.84. The molecule has 8 heteroatoms. The molecule has 2 aromatic rings. The summed E-state index contributed by atoms with van der Waals surface area (Å²) in [4.78, 5) is 13.2. The summed E-state index contributed by atoms with van der Waals surface area (Å²) < 4.78 is 27.3. The van der Waals surface area contributed by atoms with Crippen LogP contribution in [0.15, 0.2) is 41.5 Å². The van der Waals surface area contributed by atoms with Crippen molar-refractivity contribution in [2.45, 2.75) is 38.3 Å². The number of hydrogen-bond acceptors (Lipinski definition) is 4. The first-order valence-electron chi connectivity index (χ1n) is 11.0. The summed E-state index contributed by atoms with van der Waals surface area (Å²) >= 11 is 0. The number of hydrogen-bond donors (Lipinski definition) is 2. The smallest absolute Gasteiger partial charge is 0.191 e. The number of halogens is 2. The zero-order valence-electron chi connectivity index (χ0n) is 18.0. The van der Waals surface area contributed by atoms with Crippen LogP contribution < -0.4 is 20.4 Å². The van der Waals surface area contributed by atoms with Crippen LogP contribution in [0.3, 0.4) is 0 Å². The van der Waals surface area contributed by atoms with E-state index in [0.717, 1.165) is 37.0 Å². The molecule has 2 fully saturated rings. The number of nitrogens with zero attached hydrogens (tertiary/aromatic N) is 4. The van der Waals surface area contributed by atoms with E-state index >= 15 is 0 Å². The van der Waals surface area contributed by atoms with E-state index in [0.29, 0.717) is 31.3 Å². The molecule has 31 heavy (non-hydrogen) atoms. The maximum Gasteiger partial charge on any atom is 0.191 e. The summed E-state index contributed by atoms with van der Waals surface area (Å²) in [5.74, 6) is 0.669. The summed E-state index contributed by atoms with van der Waals surface area (Å²) in [5.41, 5.74) is 1.59. The van der Waals surface area contributed by atoms with Crippen molar-refractivity contribution in [1.82, 2.24) is 15.6 Å². The third kappa shape index (κ3) is 5.42. The van der Waals surface area contributed by atoms with Crippen LogP contribution >= 0.6 is 0 Å². The van der Waals surface area contributed by atoms with Crippen LogP contribution in [0.1, 0.15) is 31.2 Å². The Bertz CT molecular complexity index is 913. The van der Waals surface area contributed by atoms with Gasteiger partial charge in [-0.2, -0.15) is 0 Å². The minimum absolute atomic E-state index is 0.136.